The van der Waals surface area contributed by atoms with Crippen molar-refractivity contribution in [2.24, 2.45) is 0 Å². The molecule has 1 N–H and O–H groups in total. The molecule has 2 aromatic carbocycles. The molecule has 2 amide bonds. The Bertz CT molecular complexity index is 815. The molecule has 0 saturated carbocycles. The Morgan fingerprint density at radius 1 is 0.963 bits per heavy atom. The Hall–Kier alpha value is -3.26. The van der Waals surface area contributed by atoms with Gasteiger partial charge in [0.1, 0.15) is 0 Å². The third-order valence-corrected chi connectivity index (χ3v) is 4.44. The molecule has 0 aliphatic carbocycles. The number of carbonyl (C=O) groups is 2. The normalized spacial score (nSPS) is 14.6. The minimum Gasteiger partial charge on any atom is -0.332 e. The topological polar surface area (TPSA) is 95.8 Å². The van der Waals surface area contributed by atoms with E-state index in [1.807, 2.05) is 18.2 Å². The Balaban J connectivity index is 1.49. The van der Waals surface area contributed by atoms with Gasteiger partial charge in [-0.25, -0.2) is 0 Å². The van der Waals surface area contributed by atoms with Crippen molar-refractivity contribution in [3.05, 3.63) is 70.3 Å². The van der Waals surface area contributed by atoms with Crippen LogP contribution in [-0.2, 0) is 16.1 Å². The van der Waals surface area contributed by atoms with Crippen molar-refractivity contribution >= 4 is 23.2 Å². The van der Waals surface area contributed by atoms with Crippen LogP contribution in [0.15, 0.2) is 54.6 Å². The molecule has 0 spiro atoms. The van der Waals surface area contributed by atoms with Crippen LogP contribution in [0.1, 0.15) is 5.56 Å². The summed E-state index contributed by atoms with van der Waals surface area (Å²) in [6, 6.07) is 15.5. The lowest BCUT2D eigenvalue weighted by molar-refractivity contribution is -0.384. The maximum atomic E-state index is 12.3. The Labute approximate surface area is 156 Å². The molecule has 3 rings (SSSR count). The second kappa shape index (κ2) is 8.41. The molecule has 1 aliphatic rings. The number of hydrogen-bond acceptors (Lipinski definition) is 5. The molecule has 0 aromatic heterocycles. The van der Waals surface area contributed by atoms with Crippen LogP contribution >= 0.6 is 0 Å². The summed E-state index contributed by atoms with van der Waals surface area (Å²) < 4.78 is 0. The highest BCUT2D eigenvalue weighted by Gasteiger charge is 2.26. The fraction of sp³-hybridized carbons (Fsp3) is 0.263. The summed E-state index contributed by atoms with van der Waals surface area (Å²) in [5.74, 6) is -1.33. The number of nitrogens with one attached hydrogen (secondary N) is 1. The fourth-order valence-electron chi connectivity index (χ4n) is 2.95. The minimum atomic E-state index is -0.736. The highest BCUT2D eigenvalue weighted by molar-refractivity contribution is 6.39. The molecule has 0 radical (unpaired) electrons. The molecule has 8 heteroatoms. The molecular formula is C19H20N4O4. The van der Waals surface area contributed by atoms with E-state index in [9.17, 15) is 19.7 Å². The van der Waals surface area contributed by atoms with Crippen molar-refractivity contribution < 1.29 is 14.5 Å². The SMILES string of the molecule is O=C(Nc1ccc([N+](=O)[O-])cc1)C(=O)N1CCN(Cc2ccccc2)CC1. The molecule has 0 atom stereocenters. The first-order chi connectivity index (χ1) is 13.0. The van der Waals surface area contributed by atoms with Gasteiger partial charge in [0.15, 0.2) is 0 Å². The summed E-state index contributed by atoms with van der Waals surface area (Å²) in [5, 5.41) is 13.1. The van der Waals surface area contributed by atoms with Gasteiger partial charge in [-0.3, -0.25) is 24.6 Å². The van der Waals surface area contributed by atoms with Crippen molar-refractivity contribution in [1.82, 2.24) is 9.80 Å². The van der Waals surface area contributed by atoms with Crippen LogP contribution in [0.5, 0.6) is 0 Å². The van der Waals surface area contributed by atoms with E-state index >= 15 is 0 Å². The van der Waals surface area contributed by atoms with Crippen LogP contribution < -0.4 is 5.32 Å². The lowest BCUT2D eigenvalue weighted by Gasteiger charge is -2.34. The second-order valence-electron chi connectivity index (χ2n) is 6.31. The summed E-state index contributed by atoms with van der Waals surface area (Å²) in [4.78, 5) is 38.4. The van der Waals surface area contributed by atoms with Crippen LogP contribution in [0.3, 0.4) is 0 Å². The molecule has 2 aromatic rings. The molecule has 0 unspecified atom stereocenters. The van der Waals surface area contributed by atoms with Crippen molar-refractivity contribution in [2.45, 2.75) is 6.54 Å². The molecule has 8 nitrogen and oxygen atoms in total. The maximum Gasteiger partial charge on any atom is 0.313 e. The lowest BCUT2D eigenvalue weighted by Crippen LogP contribution is -2.51. The van der Waals surface area contributed by atoms with Crippen LogP contribution in [0.2, 0.25) is 0 Å². The number of nitro benzene ring substituents is 1. The number of benzene rings is 2. The monoisotopic (exact) mass is 368 g/mol. The Morgan fingerprint density at radius 2 is 1.59 bits per heavy atom. The second-order valence-corrected chi connectivity index (χ2v) is 6.31. The number of anilines is 1. The van der Waals surface area contributed by atoms with Crippen molar-refractivity contribution in [2.75, 3.05) is 31.5 Å². The van der Waals surface area contributed by atoms with Crippen LogP contribution in [-0.4, -0.2) is 52.7 Å². The van der Waals surface area contributed by atoms with E-state index in [4.69, 9.17) is 0 Å². The number of piperazine rings is 1. The van der Waals surface area contributed by atoms with Crippen molar-refractivity contribution in [3.8, 4) is 0 Å². The number of non-ortho nitro benzene ring substituents is 1. The van der Waals surface area contributed by atoms with E-state index in [1.54, 1.807) is 0 Å². The number of rotatable bonds is 4. The Morgan fingerprint density at radius 3 is 2.19 bits per heavy atom. The van der Waals surface area contributed by atoms with Gasteiger partial charge >= 0.3 is 11.8 Å². The average molecular weight is 368 g/mol. The lowest BCUT2D eigenvalue weighted by atomic mass is 10.2. The molecule has 27 heavy (non-hydrogen) atoms. The molecule has 0 bridgehead atoms. The summed E-state index contributed by atoms with van der Waals surface area (Å²) in [6.07, 6.45) is 0. The summed E-state index contributed by atoms with van der Waals surface area (Å²) in [5.41, 5.74) is 1.49. The van der Waals surface area contributed by atoms with Gasteiger partial charge in [0.2, 0.25) is 0 Å². The predicted molar refractivity (Wildman–Crippen MR) is 100 cm³/mol. The van der Waals surface area contributed by atoms with Gasteiger partial charge in [-0.15, -0.1) is 0 Å². The zero-order valence-electron chi connectivity index (χ0n) is 14.7. The molecule has 1 aliphatic heterocycles. The average Bonchev–Trinajstić information content (AvgIpc) is 2.69. The Kier molecular flexibility index (Phi) is 5.77. The van der Waals surface area contributed by atoms with E-state index in [2.05, 4.69) is 22.3 Å². The molecule has 140 valence electrons. The molecule has 1 fully saturated rings. The molecule has 1 saturated heterocycles. The summed E-state index contributed by atoms with van der Waals surface area (Å²) >= 11 is 0. The van der Waals surface area contributed by atoms with Crippen molar-refractivity contribution in [3.63, 3.8) is 0 Å². The van der Waals surface area contributed by atoms with Crippen LogP contribution in [0.25, 0.3) is 0 Å². The summed E-state index contributed by atoms with van der Waals surface area (Å²) in [6.45, 7) is 3.19. The number of amides is 2. The smallest absolute Gasteiger partial charge is 0.313 e. The van der Waals surface area contributed by atoms with Gasteiger partial charge in [0, 0.05) is 50.5 Å². The number of nitrogens with zero attached hydrogens (tertiary/aromatic N) is 3. The van der Waals surface area contributed by atoms with E-state index < -0.39 is 16.7 Å². The van der Waals surface area contributed by atoms with Crippen LogP contribution in [0.4, 0.5) is 11.4 Å². The summed E-state index contributed by atoms with van der Waals surface area (Å²) in [7, 11) is 0. The van der Waals surface area contributed by atoms with E-state index in [1.165, 1.54) is 34.7 Å². The first-order valence-electron chi connectivity index (χ1n) is 8.64. The van der Waals surface area contributed by atoms with Crippen molar-refractivity contribution in [1.29, 1.82) is 0 Å². The quantitative estimate of drug-likeness (QED) is 0.505. The fourth-order valence-corrected chi connectivity index (χ4v) is 2.95. The van der Waals surface area contributed by atoms with E-state index in [0.29, 0.717) is 31.9 Å². The van der Waals surface area contributed by atoms with Gasteiger partial charge in [0.05, 0.1) is 4.92 Å². The first kappa shape index (κ1) is 18.5. The minimum absolute atomic E-state index is 0.0751. The van der Waals surface area contributed by atoms with Gasteiger partial charge < -0.3 is 10.2 Å². The highest BCUT2D eigenvalue weighted by atomic mass is 16.6. The zero-order chi connectivity index (χ0) is 19.2. The number of nitro groups is 1. The highest BCUT2D eigenvalue weighted by Crippen LogP contribution is 2.15. The van der Waals surface area contributed by atoms with Gasteiger partial charge in [-0.05, 0) is 17.7 Å². The first-order valence-corrected chi connectivity index (χ1v) is 8.64. The van der Waals surface area contributed by atoms with E-state index in [0.717, 1.165) is 6.54 Å². The van der Waals surface area contributed by atoms with Gasteiger partial charge in [-0.2, -0.15) is 0 Å². The van der Waals surface area contributed by atoms with Crippen LogP contribution in [0, 0.1) is 10.1 Å². The van der Waals surface area contributed by atoms with E-state index in [-0.39, 0.29) is 5.69 Å². The molecule has 1 heterocycles. The number of hydrogen-bond donors (Lipinski definition) is 1. The third kappa shape index (κ3) is 4.89. The maximum absolute atomic E-state index is 12.3. The molecular weight excluding hydrogens is 348 g/mol. The predicted octanol–water partition coefficient (Wildman–Crippen LogP) is 1.88. The van der Waals surface area contributed by atoms with Gasteiger partial charge in [0.25, 0.3) is 5.69 Å². The number of carbonyl (C=O) groups excluding carboxylic acids is 2. The zero-order valence-corrected chi connectivity index (χ0v) is 14.7. The largest absolute Gasteiger partial charge is 0.332 e. The third-order valence-electron chi connectivity index (χ3n) is 4.44. The van der Waals surface area contributed by atoms with Gasteiger partial charge in [-0.1, -0.05) is 30.3 Å². The standard InChI is InChI=1S/C19H20N4O4/c24-18(20-16-6-8-17(9-7-16)23(26)27)19(25)22-12-10-21(11-13-22)14-15-4-2-1-3-5-15/h1-9H,10-14H2,(H,20,24).